The summed E-state index contributed by atoms with van der Waals surface area (Å²) < 4.78 is 7.42. The van der Waals surface area contributed by atoms with Gasteiger partial charge in [-0.05, 0) is 26.2 Å². The first-order valence-corrected chi connectivity index (χ1v) is 6.81. The summed E-state index contributed by atoms with van der Waals surface area (Å²) in [5, 5.41) is 8.00. The maximum Gasteiger partial charge on any atom is 0.148 e. The topological polar surface area (TPSA) is 65.1 Å². The van der Waals surface area contributed by atoms with Gasteiger partial charge in [0, 0.05) is 19.7 Å². The molecule has 2 heterocycles. The van der Waals surface area contributed by atoms with Crippen molar-refractivity contribution >= 4 is 11.5 Å². The SMILES string of the molecule is CCCc1nn(C)c(NC2CCOC(C)C2)c1N. The molecule has 18 heavy (non-hydrogen) atoms. The minimum absolute atomic E-state index is 0.320. The summed E-state index contributed by atoms with van der Waals surface area (Å²) in [5.41, 5.74) is 7.97. The summed E-state index contributed by atoms with van der Waals surface area (Å²) in [6.07, 6.45) is 4.37. The van der Waals surface area contributed by atoms with E-state index in [1.165, 1.54) is 0 Å². The summed E-state index contributed by atoms with van der Waals surface area (Å²) in [7, 11) is 1.95. The van der Waals surface area contributed by atoms with Gasteiger partial charge in [-0.1, -0.05) is 13.3 Å². The van der Waals surface area contributed by atoms with E-state index in [4.69, 9.17) is 10.5 Å². The molecule has 2 unspecified atom stereocenters. The van der Waals surface area contributed by atoms with E-state index in [-0.39, 0.29) is 0 Å². The second-order valence-corrected chi connectivity index (χ2v) is 5.13. The zero-order valence-electron chi connectivity index (χ0n) is 11.6. The predicted molar refractivity (Wildman–Crippen MR) is 73.7 cm³/mol. The van der Waals surface area contributed by atoms with Gasteiger partial charge in [-0.15, -0.1) is 0 Å². The number of hydrogen-bond donors (Lipinski definition) is 2. The molecule has 0 saturated carbocycles. The maximum atomic E-state index is 6.16. The van der Waals surface area contributed by atoms with Crippen LogP contribution in [0, 0.1) is 0 Å². The predicted octanol–water partition coefficient (Wildman–Crippen LogP) is 1.93. The molecule has 0 spiro atoms. The molecule has 0 aliphatic carbocycles. The quantitative estimate of drug-likeness (QED) is 0.859. The smallest absolute Gasteiger partial charge is 0.148 e. The Morgan fingerprint density at radius 1 is 1.56 bits per heavy atom. The molecule has 3 N–H and O–H groups in total. The van der Waals surface area contributed by atoms with E-state index in [0.717, 1.165) is 49.5 Å². The highest BCUT2D eigenvalue weighted by atomic mass is 16.5. The first-order chi connectivity index (χ1) is 8.61. The molecule has 0 aromatic carbocycles. The highest BCUT2D eigenvalue weighted by Crippen LogP contribution is 2.26. The van der Waals surface area contributed by atoms with Gasteiger partial charge in [0.15, 0.2) is 0 Å². The van der Waals surface area contributed by atoms with Crippen molar-refractivity contribution in [2.24, 2.45) is 7.05 Å². The van der Waals surface area contributed by atoms with Gasteiger partial charge in [0.2, 0.25) is 0 Å². The normalized spacial score (nSPS) is 24.2. The largest absolute Gasteiger partial charge is 0.394 e. The van der Waals surface area contributed by atoms with E-state index in [2.05, 4.69) is 24.3 Å². The van der Waals surface area contributed by atoms with E-state index >= 15 is 0 Å². The van der Waals surface area contributed by atoms with Crippen molar-refractivity contribution in [1.82, 2.24) is 9.78 Å². The third kappa shape index (κ3) is 2.77. The van der Waals surface area contributed by atoms with Crippen LogP contribution in [0.3, 0.4) is 0 Å². The number of aromatic nitrogens is 2. The molecule has 2 atom stereocenters. The van der Waals surface area contributed by atoms with Gasteiger partial charge in [0.05, 0.1) is 17.5 Å². The lowest BCUT2D eigenvalue weighted by Gasteiger charge is -2.28. The Kier molecular flexibility index (Phi) is 4.11. The molecule has 1 aliphatic heterocycles. The molecule has 1 fully saturated rings. The first kappa shape index (κ1) is 13.2. The molecular weight excluding hydrogens is 228 g/mol. The number of nitrogens with one attached hydrogen (secondary N) is 1. The molecule has 0 bridgehead atoms. The van der Waals surface area contributed by atoms with Gasteiger partial charge >= 0.3 is 0 Å². The van der Waals surface area contributed by atoms with Crippen LogP contribution < -0.4 is 11.1 Å². The minimum atomic E-state index is 0.320. The minimum Gasteiger partial charge on any atom is -0.394 e. The lowest BCUT2D eigenvalue weighted by molar-refractivity contribution is 0.0231. The monoisotopic (exact) mass is 252 g/mol. The fraction of sp³-hybridized carbons (Fsp3) is 0.769. The molecule has 2 rings (SSSR count). The average molecular weight is 252 g/mol. The second-order valence-electron chi connectivity index (χ2n) is 5.13. The fourth-order valence-corrected chi connectivity index (χ4v) is 2.51. The zero-order chi connectivity index (χ0) is 13.1. The molecule has 1 aliphatic rings. The molecule has 102 valence electrons. The third-order valence-electron chi connectivity index (χ3n) is 3.47. The van der Waals surface area contributed by atoms with Gasteiger partial charge in [-0.25, -0.2) is 0 Å². The standard InChI is InChI=1S/C13H24N4O/c1-4-5-11-12(14)13(17(3)16-11)15-10-6-7-18-9(2)8-10/h9-10,15H,4-8,14H2,1-3H3. The number of rotatable bonds is 4. The number of hydrogen-bond acceptors (Lipinski definition) is 4. The van der Waals surface area contributed by atoms with Crippen molar-refractivity contribution in [2.75, 3.05) is 17.7 Å². The number of nitrogen functional groups attached to an aromatic ring is 1. The van der Waals surface area contributed by atoms with Crippen LogP contribution >= 0.6 is 0 Å². The van der Waals surface area contributed by atoms with Crippen molar-refractivity contribution in [3.05, 3.63) is 5.69 Å². The van der Waals surface area contributed by atoms with Crippen molar-refractivity contribution in [3.8, 4) is 0 Å². The lowest BCUT2D eigenvalue weighted by atomic mass is 10.0. The Bertz CT molecular complexity index is 402. The number of ether oxygens (including phenoxy) is 1. The summed E-state index contributed by atoms with van der Waals surface area (Å²) in [6.45, 7) is 5.07. The van der Waals surface area contributed by atoms with Crippen molar-refractivity contribution in [2.45, 2.75) is 51.7 Å². The van der Waals surface area contributed by atoms with Crippen LogP contribution in [0.15, 0.2) is 0 Å². The average Bonchev–Trinajstić information content (AvgIpc) is 2.58. The van der Waals surface area contributed by atoms with Crippen molar-refractivity contribution in [1.29, 1.82) is 0 Å². The Labute approximate surface area is 109 Å². The highest BCUT2D eigenvalue weighted by Gasteiger charge is 2.22. The second kappa shape index (κ2) is 5.61. The van der Waals surface area contributed by atoms with Crippen LogP contribution in [0.5, 0.6) is 0 Å². The van der Waals surface area contributed by atoms with E-state index < -0.39 is 0 Å². The van der Waals surface area contributed by atoms with E-state index in [1.807, 2.05) is 11.7 Å². The number of aryl methyl sites for hydroxylation is 2. The van der Waals surface area contributed by atoms with Crippen LogP contribution in [0.25, 0.3) is 0 Å². The zero-order valence-corrected chi connectivity index (χ0v) is 11.6. The van der Waals surface area contributed by atoms with Gasteiger partial charge in [-0.2, -0.15) is 5.10 Å². The number of nitrogens with zero attached hydrogens (tertiary/aromatic N) is 2. The molecule has 5 nitrogen and oxygen atoms in total. The van der Waals surface area contributed by atoms with Crippen molar-refractivity contribution in [3.63, 3.8) is 0 Å². The summed E-state index contributed by atoms with van der Waals surface area (Å²) in [5.74, 6) is 0.956. The van der Waals surface area contributed by atoms with Crippen LogP contribution in [-0.2, 0) is 18.2 Å². The molecule has 5 heteroatoms. The summed E-state index contributed by atoms with van der Waals surface area (Å²) >= 11 is 0. The van der Waals surface area contributed by atoms with Gasteiger partial charge < -0.3 is 15.8 Å². The molecule has 0 amide bonds. The van der Waals surface area contributed by atoms with Crippen molar-refractivity contribution < 1.29 is 4.74 Å². The van der Waals surface area contributed by atoms with E-state index in [1.54, 1.807) is 0 Å². The Balaban J connectivity index is 2.08. The number of anilines is 2. The highest BCUT2D eigenvalue weighted by molar-refractivity contribution is 5.65. The summed E-state index contributed by atoms with van der Waals surface area (Å²) in [4.78, 5) is 0. The van der Waals surface area contributed by atoms with E-state index in [9.17, 15) is 0 Å². The van der Waals surface area contributed by atoms with Crippen LogP contribution in [0.1, 0.15) is 38.8 Å². The Morgan fingerprint density at radius 3 is 3.00 bits per heavy atom. The van der Waals surface area contributed by atoms with E-state index in [0.29, 0.717) is 12.1 Å². The molecule has 1 aromatic heterocycles. The van der Waals surface area contributed by atoms with Gasteiger partial charge in [0.25, 0.3) is 0 Å². The summed E-state index contributed by atoms with van der Waals surface area (Å²) in [6, 6.07) is 0.431. The molecule has 1 saturated heterocycles. The Morgan fingerprint density at radius 2 is 2.33 bits per heavy atom. The van der Waals surface area contributed by atoms with Crippen LogP contribution in [0.2, 0.25) is 0 Å². The molecule has 0 radical (unpaired) electrons. The van der Waals surface area contributed by atoms with Gasteiger partial charge in [-0.3, -0.25) is 4.68 Å². The van der Waals surface area contributed by atoms with Crippen LogP contribution in [0.4, 0.5) is 11.5 Å². The van der Waals surface area contributed by atoms with Crippen LogP contribution in [-0.4, -0.2) is 28.5 Å². The molecular formula is C13H24N4O. The lowest BCUT2D eigenvalue weighted by Crippen LogP contribution is -2.33. The maximum absolute atomic E-state index is 6.16. The first-order valence-electron chi connectivity index (χ1n) is 6.81. The number of nitrogens with two attached hydrogens (primary N) is 1. The third-order valence-corrected chi connectivity index (χ3v) is 3.47. The Hall–Kier alpha value is -1.23. The fourth-order valence-electron chi connectivity index (χ4n) is 2.51. The molecule has 1 aromatic rings. The van der Waals surface area contributed by atoms with Gasteiger partial charge in [0.1, 0.15) is 5.82 Å².